The smallest absolute Gasteiger partial charge is 0.353 e. The summed E-state index contributed by atoms with van der Waals surface area (Å²) in [5.41, 5.74) is 3.45. The average Bonchev–Trinajstić information content (AvgIpc) is 3.36. The van der Waals surface area contributed by atoms with Crippen LogP contribution in [0.3, 0.4) is 0 Å². The lowest BCUT2D eigenvalue weighted by Gasteiger charge is -2.18. The number of methoxy groups -OCH3 is 1. The van der Waals surface area contributed by atoms with E-state index in [0.29, 0.717) is 40.8 Å². The van der Waals surface area contributed by atoms with Gasteiger partial charge in [0.05, 0.1) is 13.3 Å². The van der Waals surface area contributed by atoms with Crippen LogP contribution in [0.1, 0.15) is 29.1 Å². The summed E-state index contributed by atoms with van der Waals surface area (Å²) in [5, 5.41) is 5.92. The molecule has 2 heterocycles. The monoisotopic (exact) mass is 488 g/mol. The third kappa shape index (κ3) is 5.95. The van der Waals surface area contributed by atoms with Crippen LogP contribution in [-0.4, -0.2) is 50.1 Å². The number of anilines is 1. The highest BCUT2D eigenvalue weighted by Crippen LogP contribution is 2.29. The molecule has 9 nitrogen and oxygen atoms in total. The van der Waals surface area contributed by atoms with Crippen molar-refractivity contribution in [2.45, 2.75) is 18.7 Å². The first kappa shape index (κ1) is 24.4. The fourth-order valence-corrected chi connectivity index (χ4v) is 4.88. The van der Waals surface area contributed by atoms with Gasteiger partial charge in [0.15, 0.2) is 11.5 Å². The van der Waals surface area contributed by atoms with Gasteiger partial charge in [-0.1, -0.05) is 19.9 Å². The third-order valence-corrected chi connectivity index (χ3v) is 7.47. The van der Waals surface area contributed by atoms with E-state index in [1.807, 2.05) is 0 Å². The van der Waals surface area contributed by atoms with Crippen molar-refractivity contribution in [2.75, 3.05) is 25.6 Å². The average molecular weight is 489 g/mol. The molecular formula is C22H24N4O5S2. The van der Waals surface area contributed by atoms with Gasteiger partial charge in [-0.15, -0.1) is 11.3 Å². The summed E-state index contributed by atoms with van der Waals surface area (Å²) in [6.07, 6.45) is 2.83. The van der Waals surface area contributed by atoms with Gasteiger partial charge in [0.25, 0.3) is 0 Å². The number of carbonyl (C=O) groups excluding carboxylic acids is 1. The van der Waals surface area contributed by atoms with Crippen LogP contribution in [0.4, 0.5) is 5.82 Å². The number of thiophene rings is 1. The Morgan fingerprint density at radius 1 is 1.18 bits per heavy atom. The van der Waals surface area contributed by atoms with Gasteiger partial charge in [0.2, 0.25) is 10.0 Å². The second-order valence-corrected chi connectivity index (χ2v) is 9.50. The quantitative estimate of drug-likeness (QED) is 0.200. The Kier molecular flexibility index (Phi) is 8.15. The van der Waals surface area contributed by atoms with Crippen molar-refractivity contribution in [2.24, 2.45) is 5.10 Å². The van der Waals surface area contributed by atoms with Gasteiger partial charge in [-0.2, -0.15) is 9.41 Å². The topological polar surface area (TPSA) is 110 Å². The highest BCUT2D eigenvalue weighted by Gasteiger charge is 2.21. The summed E-state index contributed by atoms with van der Waals surface area (Å²) < 4.78 is 37.1. The van der Waals surface area contributed by atoms with Crippen molar-refractivity contribution in [1.29, 1.82) is 0 Å². The summed E-state index contributed by atoms with van der Waals surface area (Å²) in [6, 6.07) is 11.5. The van der Waals surface area contributed by atoms with E-state index in [-0.39, 0.29) is 4.90 Å². The van der Waals surface area contributed by atoms with Crippen molar-refractivity contribution in [3.8, 4) is 11.5 Å². The number of nitrogens with zero attached hydrogens (tertiary/aromatic N) is 3. The van der Waals surface area contributed by atoms with E-state index in [2.05, 4.69) is 15.5 Å². The van der Waals surface area contributed by atoms with Crippen LogP contribution >= 0.6 is 11.3 Å². The molecule has 0 fully saturated rings. The Hall–Kier alpha value is -3.28. The van der Waals surface area contributed by atoms with E-state index in [1.165, 1.54) is 41.2 Å². The molecule has 2 aromatic heterocycles. The van der Waals surface area contributed by atoms with E-state index in [0.717, 1.165) is 0 Å². The number of esters is 1. The number of pyridine rings is 1. The SMILES string of the molecule is CCN(CC)S(=O)(=O)c1ccc(N/N=C/c2ccc(OC(=O)c3cccs3)c(OC)c2)nc1. The van der Waals surface area contributed by atoms with Crippen LogP contribution in [0.2, 0.25) is 0 Å². The van der Waals surface area contributed by atoms with Crippen molar-refractivity contribution in [3.05, 3.63) is 64.5 Å². The maximum Gasteiger partial charge on any atom is 0.353 e. The first-order valence-corrected chi connectivity index (χ1v) is 12.4. The lowest BCUT2D eigenvalue weighted by Crippen LogP contribution is -2.30. The fourth-order valence-electron chi connectivity index (χ4n) is 2.88. The van der Waals surface area contributed by atoms with Gasteiger partial charge in [-0.3, -0.25) is 5.43 Å². The molecule has 1 N–H and O–H groups in total. The Bertz CT molecular complexity index is 1210. The van der Waals surface area contributed by atoms with Crippen LogP contribution < -0.4 is 14.9 Å². The minimum Gasteiger partial charge on any atom is -0.493 e. The molecule has 0 spiro atoms. The summed E-state index contributed by atoms with van der Waals surface area (Å²) in [6.45, 7) is 4.35. The Labute approximate surface area is 196 Å². The highest BCUT2D eigenvalue weighted by atomic mass is 32.2. The number of sulfonamides is 1. The largest absolute Gasteiger partial charge is 0.493 e. The lowest BCUT2D eigenvalue weighted by molar-refractivity contribution is 0.0735. The van der Waals surface area contributed by atoms with E-state index in [9.17, 15) is 13.2 Å². The first-order chi connectivity index (χ1) is 15.9. The van der Waals surface area contributed by atoms with Gasteiger partial charge in [0, 0.05) is 19.3 Å². The maximum absolute atomic E-state index is 12.5. The van der Waals surface area contributed by atoms with E-state index in [1.54, 1.807) is 55.6 Å². The maximum atomic E-state index is 12.5. The number of hydrogen-bond donors (Lipinski definition) is 1. The molecule has 1 aromatic carbocycles. The Morgan fingerprint density at radius 3 is 2.58 bits per heavy atom. The van der Waals surface area contributed by atoms with Crippen molar-refractivity contribution in [1.82, 2.24) is 9.29 Å². The number of hydrazone groups is 1. The molecule has 0 unspecified atom stereocenters. The molecule has 0 saturated carbocycles. The summed E-state index contributed by atoms with van der Waals surface area (Å²) in [4.78, 5) is 16.9. The molecule has 11 heteroatoms. The molecule has 0 aliphatic carbocycles. The molecule has 0 atom stereocenters. The van der Waals surface area contributed by atoms with Crippen molar-refractivity contribution < 1.29 is 22.7 Å². The second-order valence-electron chi connectivity index (χ2n) is 6.62. The standard InChI is InChI=1S/C22H24N4O5S2/c1-4-26(5-2)33(28,29)17-9-11-21(23-15-17)25-24-14-16-8-10-18(19(13-16)30-3)31-22(27)20-7-6-12-32-20/h6-15H,4-5H2,1-3H3,(H,23,25)/b24-14+. The van der Waals surface area contributed by atoms with Gasteiger partial charge >= 0.3 is 5.97 Å². The Balaban J connectivity index is 1.66. The van der Waals surface area contributed by atoms with Crippen LogP contribution in [-0.2, 0) is 10.0 Å². The van der Waals surface area contributed by atoms with Gasteiger partial charge in [-0.05, 0) is 47.3 Å². The molecule has 3 aromatic rings. The molecular weight excluding hydrogens is 464 g/mol. The zero-order valence-corrected chi connectivity index (χ0v) is 20.0. The highest BCUT2D eigenvalue weighted by molar-refractivity contribution is 7.89. The minimum atomic E-state index is -3.56. The van der Waals surface area contributed by atoms with Crippen LogP contribution in [0.5, 0.6) is 11.5 Å². The molecule has 0 aliphatic rings. The number of carbonyl (C=O) groups is 1. The van der Waals surface area contributed by atoms with E-state index >= 15 is 0 Å². The van der Waals surface area contributed by atoms with Crippen molar-refractivity contribution >= 4 is 39.4 Å². The number of aromatic nitrogens is 1. The summed E-state index contributed by atoms with van der Waals surface area (Å²) in [5.74, 6) is 0.614. The first-order valence-electron chi connectivity index (χ1n) is 10.1. The number of rotatable bonds is 10. The third-order valence-electron chi connectivity index (χ3n) is 4.58. The van der Waals surface area contributed by atoms with Crippen LogP contribution in [0, 0.1) is 0 Å². The van der Waals surface area contributed by atoms with E-state index in [4.69, 9.17) is 9.47 Å². The zero-order valence-electron chi connectivity index (χ0n) is 18.4. The van der Waals surface area contributed by atoms with E-state index < -0.39 is 16.0 Å². The zero-order chi connectivity index (χ0) is 23.8. The minimum absolute atomic E-state index is 0.123. The summed E-state index contributed by atoms with van der Waals surface area (Å²) in [7, 11) is -2.08. The molecule has 0 bridgehead atoms. The molecule has 33 heavy (non-hydrogen) atoms. The van der Waals surface area contributed by atoms with Gasteiger partial charge < -0.3 is 9.47 Å². The number of benzene rings is 1. The Morgan fingerprint density at radius 2 is 1.97 bits per heavy atom. The predicted molar refractivity (Wildman–Crippen MR) is 128 cm³/mol. The fraction of sp³-hybridized carbons (Fsp3) is 0.227. The lowest BCUT2D eigenvalue weighted by atomic mass is 10.2. The molecule has 0 aliphatic heterocycles. The molecule has 0 saturated heterocycles. The molecule has 174 valence electrons. The summed E-state index contributed by atoms with van der Waals surface area (Å²) >= 11 is 1.30. The van der Waals surface area contributed by atoms with Crippen molar-refractivity contribution in [3.63, 3.8) is 0 Å². The number of ether oxygens (including phenoxy) is 2. The van der Waals surface area contributed by atoms with Crippen LogP contribution in [0.25, 0.3) is 0 Å². The number of nitrogens with one attached hydrogen (secondary N) is 1. The molecule has 0 radical (unpaired) electrons. The normalized spacial score (nSPS) is 11.6. The van der Waals surface area contributed by atoms with Gasteiger partial charge in [0.1, 0.15) is 15.6 Å². The second kappa shape index (κ2) is 11.0. The van der Waals surface area contributed by atoms with Gasteiger partial charge in [-0.25, -0.2) is 18.2 Å². The number of hydrogen-bond acceptors (Lipinski definition) is 9. The van der Waals surface area contributed by atoms with Crippen LogP contribution in [0.15, 0.2) is 64.0 Å². The molecule has 3 rings (SSSR count). The predicted octanol–water partition coefficient (Wildman–Crippen LogP) is 3.85. The molecule has 0 amide bonds.